The molecule has 0 spiro atoms. The number of hydrogen-bond donors (Lipinski definition) is 1. The molecule has 4 rings (SSSR count). The maximum absolute atomic E-state index is 14.7. The predicted molar refractivity (Wildman–Crippen MR) is 112 cm³/mol. The van der Waals surface area contributed by atoms with Crippen LogP contribution in [0.25, 0.3) is 0 Å². The maximum atomic E-state index is 14.7. The van der Waals surface area contributed by atoms with Crippen molar-refractivity contribution in [1.82, 2.24) is 0 Å². The molecule has 3 aromatic carbocycles. The van der Waals surface area contributed by atoms with E-state index >= 15 is 0 Å². The number of halogens is 1. The van der Waals surface area contributed by atoms with Crippen LogP contribution in [0.1, 0.15) is 22.1 Å². The van der Waals surface area contributed by atoms with Crippen LogP contribution in [-0.4, -0.2) is 27.2 Å². The lowest BCUT2D eigenvalue weighted by atomic mass is 10.0. The molecular formula is C23H21FN2O4. The molecule has 154 valence electrons. The average molecular weight is 408 g/mol. The molecule has 30 heavy (non-hydrogen) atoms. The summed E-state index contributed by atoms with van der Waals surface area (Å²) in [6.45, 7) is 0. The third-order valence-corrected chi connectivity index (χ3v) is 5.04. The van der Waals surface area contributed by atoms with Gasteiger partial charge in [0.1, 0.15) is 12.0 Å². The monoisotopic (exact) mass is 408 g/mol. The van der Waals surface area contributed by atoms with E-state index in [0.29, 0.717) is 34.1 Å². The van der Waals surface area contributed by atoms with Crippen molar-refractivity contribution in [2.24, 2.45) is 0 Å². The Bertz CT molecular complexity index is 1080. The largest absolute Gasteiger partial charge is 0.493 e. The average Bonchev–Trinajstić information content (AvgIpc) is 2.78. The Morgan fingerprint density at radius 1 is 0.900 bits per heavy atom. The number of carbonyl (C=O) groups is 1. The fourth-order valence-corrected chi connectivity index (χ4v) is 3.64. The minimum absolute atomic E-state index is 0.170. The van der Waals surface area contributed by atoms with Crippen LogP contribution in [-0.2, 0) is 0 Å². The zero-order chi connectivity index (χ0) is 21.3. The van der Waals surface area contributed by atoms with Crippen LogP contribution in [0, 0.1) is 5.82 Å². The van der Waals surface area contributed by atoms with Gasteiger partial charge in [-0.05, 0) is 36.4 Å². The molecule has 0 fully saturated rings. The van der Waals surface area contributed by atoms with Gasteiger partial charge in [-0.25, -0.2) is 4.39 Å². The van der Waals surface area contributed by atoms with E-state index < -0.39 is 12.0 Å². The van der Waals surface area contributed by atoms with Gasteiger partial charge in [-0.15, -0.1) is 0 Å². The highest BCUT2D eigenvalue weighted by Crippen LogP contribution is 2.43. The summed E-state index contributed by atoms with van der Waals surface area (Å²) in [5.74, 6) is 0.503. The summed E-state index contributed by atoms with van der Waals surface area (Å²) in [7, 11) is 4.55. The Morgan fingerprint density at radius 2 is 1.53 bits per heavy atom. The van der Waals surface area contributed by atoms with E-state index in [2.05, 4.69) is 5.32 Å². The molecule has 1 heterocycles. The zero-order valence-electron chi connectivity index (χ0n) is 16.8. The highest BCUT2D eigenvalue weighted by molar-refractivity contribution is 6.12. The van der Waals surface area contributed by atoms with Gasteiger partial charge in [0.2, 0.25) is 5.75 Å². The molecule has 0 aliphatic carbocycles. The Morgan fingerprint density at radius 3 is 2.17 bits per heavy atom. The van der Waals surface area contributed by atoms with E-state index in [1.807, 2.05) is 12.1 Å². The fraction of sp³-hybridized carbons (Fsp3) is 0.174. The van der Waals surface area contributed by atoms with E-state index in [9.17, 15) is 9.18 Å². The number of hydrogen-bond acceptors (Lipinski definition) is 5. The van der Waals surface area contributed by atoms with Gasteiger partial charge < -0.3 is 19.5 Å². The van der Waals surface area contributed by atoms with Crippen molar-refractivity contribution in [3.05, 3.63) is 77.6 Å². The van der Waals surface area contributed by atoms with Crippen LogP contribution < -0.4 is 24.4 Å². The molecule has 7 heteroatoms. The lowest BCUT2D eigenvalue weighted by Crippen LogP contribution is -2.43. The number of benzene rings is 3. The van der Waals surface area contributed by atoms with Crippen molar-refractivity contribution in [3.63, 3.8) is 0 Å². The highest BCUT2D eigenvalue weighted by atomic mass is 19.1. The van der Waals surface area contributed by atoms with Crippen LogP contribution in [0.2, 0.25) is 0 Å². The molecule has 0 bridgehead atoms. The molecule has 1 aliphatic heterocycles. The quantitative estimate of drug-likeness (QED) is 0.667. The molecule has 0 unspecified atom stereocenters. The number of ether oxygens (including phenoxy) is 3. The second-order valence-corrected chi connectivity index (χ2v) is 6.68. The number of nitrogens with one attached hydrogen (secondary N) is 1. The standard InChI is InChI=1S/C23H21FN2O4/c1-28-19-12-14(13-20(29-2)21(19)30-3)22-25-17-10-6-4-8-15(17)23(27)26(22)18-11-7-5-9-16(18)24/h4-13,22,25H,1-3H3/t22-/m0/s1. The fourth-order valence-electron chi connectivity index (χ4n) is 3.64. The number of amides is 1. The molecule has 0 aromatic heterocycles. The topological polar surface area (TPSA) is 60.0 Å². The summed E-state index contributed by atoms with van der Waals surface area (Å²) < 4.78 is 31.1. The molecular weight excluding hydrogens is 387 g/mol. The number of methoxy groups -OCH3 is 3. The highest BCUT2D eigenvalue weighted by Gasteiger charge is 2.36. The molecule has 1 amide bonds. The lowest BCUT2D eigenvalue weighted by Gasteiger charge is -2.38. The Balaban J connectivity index is 1.92. The van der Waals surface area contributed by atoms with Gasteiger partial charge in [0.25, 0.3) is 5.91 Å². The Hall–Kier alpha value is -3.74. The zero-order valence-corrected chi connectivity index (χ0v) is 16.8. The van der Waals surface area contributed by atoms with Crippen LogP contribution in [0.4, 0.5) is 15.8 Å². The molecule has 0 saturated heterocycles. The van der Waals surface area contributed by atoms with Crippen molar-refractivity contribution in [3.8, 4) is 17.2 Å². The number of carbonyl (C=O) groups excluding carboxylic acids is 1. The van der Waals surface area contributed by atoms with Gasteiger partial charge >= 0.3 is 0 Å². The van der Waals surface area contributed by atoms with Crippen LogP contribution in [0.3, 0.4) is 0 Å². The van der Waals surface area contributed by atoms with Gasteiger partial charge in [0, 0.05) is 11.3 Å². The van der Waals surface area contributed by atoms with E-state index in [1.54, 1.807) is 42.5 Å². The molecule has 0 saturated carbocycles. The minimum atomic E-state index is -0.696. The lowest BCUT2D eigenvalue weighted by molar-refractivity contribution is 0.0973. The van der Waals surface area contributed by atoms with Crippen molar-refractivity contribution < 1.29 is 23.4 Å². The first kappa shape index (κ1) is 19.6. The van der Waals surface area contributed by atoms with Gasteiger partial charge in [0.15, 0.2) is 11.5 Å². The number of fused-ring (bicyclic) bond motifs is 1. The predicted octanol–water partition coefficient (Wildman–Crippen LogP) is 4.62. The molecule has 3 aromatic rings. The van der Waals surface area contributed by atoms with Crippen molar-refractivity contribution in [1.29, 1.82) is 0 Å². The molecule has 1 N–H and O–H groups in total. The first-order valence-corrected chi connectivity index (χ1v) is 9.32. The first-order valence-electron chi connectivity index (χ1n) is 9.32. The summed E-state index contributed by atoms with van der Waals surface area (Å²) >= 11 is 0. The normalized spacial score (nSPS) is 15.3. The van der Waals surface area contributed by atoms with Crippen LogP contribution in [0.5, 0.6) is 17.2 Å². The molecule has 1 atom stereocenters. The van der Waals surface area contributed by atoms with E-state index in [0.717, 1.165) is 0 Å². The van der Waals surface area contributed by atoms with Crippen LogP contribution in [0.15, 0.2) is 60.7 Å². The number of para-hydroxylation sites is 2. The van der Waals surface area contributed by atoms with E-state index in [4.69, 9.17) is 14.2 Å². The van der Waals surface area contributed by atoms with Gasteiger partial charge in [0.05, 0.1) is 32.6 Å². The number of rotatable bonds is 5. The SMILES string of the molecule is COc1cc([C@H]2Nc3ccccc3C(=O)N2c2ccccc2F)cc(OC)c1OC. The summed E-state index contributed by atoms with van der Waals surface area (Å²) in [6, 6.07) is 16.8. The second kappa shape index (κ2) is 7.94. The summed E-state index contributed by atoms with van der Waals surface area (Å²) in [5, 5.41) is 3.35. The first-order chi connectivity index (χ1) is 14.6. The Labute approximate surface area is 173 Å². The van der Waals surface area contributed by atoms with Gasteiger partial charge in [-0.3, -0.25) is 9.69 Å². The third-order valence-electron chi connectivity index (χ3n) is 5.04. The van der Waals surface area contributed by atoms with Crippen molar-refractivity contribution in [2.45, 2.75) is 6.17 Å². The number of anilines is 2. The minimum Gasteiger partial charge on any atom is -0.493 e. The smallest absolute Gasteiger partial charge is 0.262 e. The van der Waals surface area contributed by atoms with Crippen molar-refractivity contribution in [2.75, 3.05) is 31.5 Å². The van der Waals surface area contributed by atoms with E-state index in [-0.39, 0.29) is 11.6 Å². The van der Waals surface area contributed by atoms with Crippen molar-refractivity contribution >= 4 is 17.3 Å². The molecule has 0 radical (unpaired) electrons. The van der Waals surface area contributed by atoms with Crippen LogP contribution >= 0.6 is 0 Å². The maximum Gasteiger partial charge on any atom is 0.262 e. The summed E-state index contributed by atoms with van der Waals surface area (Å²) in [5.41, 5.74) is 1.94. The third kappa shape index (κ3) is 3.18. The molecule has 6 nitrogen and oxygen atoms in total. The Kier molecular flexibility index (Phi) is 5.18. The van der Waals surface area contributed by atoms with Gasteiger partial charge in [-0.1, -0.05) is 24.3 Å². The van der Waals surface area contributed by atoms with Gasteiger partial charge in [-0.2, -0.15) is 0 Å². The summed E-state index contributed by atoms with van der Waals surface area (Å²) in [4.78, 5) is 14.8. The second-order valence-electron chi connectivity index (χ2n) is 6.68. The number of nitrogens with zero attached hydrogens (tertiary/aromatic N) is 1. The molecule has 1 aliphatic rings. The van der Waals surface area contributed by atoms with E-state index in [1.165, 1.54) is 32.3 Å². The summed E-state index contributed by atoms with van der Waals surface area (Å²) in [6.07, 6.45) is -0.696.